The Labute approximate surface area is 148 Å². The number of esters is 1. The highest BCUT2D eigenvalue weighted by molar-refractivity contribution is 6.31. The molecule has 0 aliphatic rings. The van der Waals surface area contributed by atoms with E-state index in [9.17, 15) is 4.79 Å². The second-order valence-corrected chi connectivity index (χ2v) is 5.52. The number of carbonyl (C=O) groups is 1. The van der Waals surface area contributed by atoms with E-state index in [0.717, 1.165) is 0 Å². The van der Waals surface area contributed by atoms with Gasteiger partial charge in [-0.3, -0.25) is 0 Å². The van der Waals surface area contributed by atoms with Gasteiger partial charge in [-0.2, -0.15) is 4.98 Å². The molecule has 0 saturated heterocycles. The van der Waals surface area contributed by atoms with Crippen molar-refractivity contribution in [2.24, 2.45) is 0 Å². The van der Waals surface area contributed by atoms with E-state index >= 15 is 0 Å². The van der Waals surface area contributed by atoms with Crippen molar-refractivity contribution in [2.45, 2.75) is 13.0 Å². The van der Waals surface area contributed by atoms with Gasteiger partial charge in [0.25, 0.3) is 0 Å². The zero-order valence-electron chi connectivity index (χ0n) is 13.5. The quantitative estimate of drug-likeness (QED) is 0.645. The predicted molar refractivity (Wildman–Crippen MR) is 91.0 cm³/mol. The monoisotopic (exact) mass is 359 g/mol. The first-order chi connectivity index (χ1) is 12.0. The maximum Gasteiger partial charge on any atom is 0.346 e. The lowest BCUT2D eigenvalue weighted by molar-refractivity contribution is -0.147. The normalized spacial score (nSPS) is 11.8. The zero-order valence-corrected chi connectivity index (χ0v) is 14.2. The van der Waals surface area contributed by atoms with E-state index < -0.39 is 12.1 Å². The van der Waals surface area contributed by atoms with Gasteiger partial charge in [-0.1, -0.05) is 16.7 Å². The van der Waals surface area contributed by atoms with Gasteiger partial charge in [0.2, 0.25) is 0 Å². The minimum absolute atomic E-state index is 0.103. The van der Waals surface area contributed by atoms with Gasteiger partial charge in [-0.15, -0.1) is 5.10 Å². The van der Waals surface area contributed by atoms with Gasteiger partial charge < -0.3 is 14.2 Å². The SMILES string of the molecule is COC(=O)C(C)Oc1ccc(Oc2nnc3ccc(Cl)cc3n2)cc1. The van der Waals surface area contributed by atoms with Crippen LogP contribution in [0.3, 0.4) is 0 Å². The second kappa shape index (κ2) is 7.31. The summed E-state index contributed by atoms with van der Waals surface area (Å²) in [5.74, 6) is 0.561. The maximum atomic E-state index is 11.4. The summed E-state index contributed by atoms with van der Waals surface area (Å²) in [5, 5.41) is 8.51. The summed E-state index contributed by atoms with van der Waals surface area (Å²) >= 11 is 5.95. The number of rotatable bonds is 5. The summed E-state index contributed by atoms with van der Waals surface area (Å²) in [5.41, 5.74) is 1.21. The van der Waals surface area contributed by atoms with Crippen molar-refractivity contribution in [1.82, 2.24) is 15.2 Å². The Balaban J connectivity index is 1.72. The summed E-state index contributed by atoms with van der Waals surface area (Å²) in [7, 11) is 1.31. The topological polar surface area (TPSA) is 83.4 Å². The maximum absolute atomic E-state index is 11.4. The average molecular weight is 360 g/mol. The van der Waals surface area contributed by atoms with Crippen LogP contribution in [0.25, 0.3) is 11.0 Å². The molecular formula is C17H14ClN3O4. The van der Waals surface area contributed by atoms with Crippen molar-refractivity contribution in [2.75, 3.05) is 7.11 Å². The molecule has 0 radical (unpaired) electrons. The summed E-state index contributed by atoms with van der Waals surface area (Å²) in [4.78, 5) is 15.6. The first-order valence-corrected chi connectivity index (χ1v) is 7.75. The second-order valence-electron chi connectivity index (χ2n) is 5.08. The fourth-order valence-electron chi connectivity index (χ4n) is 2.05. The molecule has 1 aromatic heterocycles. The first-order valence-electron chi connectivity index (χ1n) is 7.37. The van der Waals surface area contributed by atoms with Crippen molar-refractivity contribution in [3.63, 3.8) is 0 Å². The Bertz CT molecular complexity index is 902. The molecule has 3 rings (SSSR count). The van der Waals surface area contributed by atoms with E-state index in [4.69, 9.17) is 21.1 Å². The standard InChI is InChI=1S/C17H14ClN3O4/c1-10(16(22)23-2)24-12-4-6-13(7-5-12)25-17-19-15-9-11(18)3-8-14(15)20-21-17/h3-10H,1-2H3. The fourth-order valence-corrected chi connectivity index (χ4v) is 2.21. The highest BCUT2D eigenvalue weighted by Gasteiger charge is 2.14. The van der Waals surface area contributed by atoms with E-state index in [1.807, 2.05) is 0 Å². The third-order valence-electron chi connectivity index (χ3n) is 3.28. The molecule has 0 spiro atoms. The van der Waals surface area contributed by atoms with Crippen LogP contribution in [0, 0.1) is 0 Å². The van der Waals surface area contributed by atoms with Crippen LogP contribution in [-0.4, -0.2) is 34.4 Å². The van der Waals surface area contributed by atoms with E-state index in [0.29, 0.717) is 27.6 Å². The lowest BCUT2D eigenvalue weighted by Gasteiger charge is -2.12. The smallest absolute Gasteiger partial charge is 0.346 e. The van der Waals surface area contributed by atoms with Crippen LogP contribution in [0.4, 0.5) is 0 Å². The number of methoxy groups -OCH3 is 1. The van der Waals surface area contributed by atoms with Crippen LogP contribution in [0.5, 0.6) is 17.5 Å². The van der Waals surface area contributed by atoms with Crippen LogP contribution < -0.4 is 9.47 Å². The number of benzene rings is 2. The Morgan fingerprint density at radius 2 is 1.76 bits per heavy atom. The third-order valence-corrected chi connectivity index (χ3v) is 3.51. The number of aromatic nitrogens is 3. The third kappa shape index (κ3) is 4.13. The molecule has 0 aliphatic heterocycles. The largest absolute Gasteiger partial charge is 0.479 e. The van der Waals surface area contributed by atoms with Crippen LogP contribution in [0.2, 0.25) is 5.02 Å². The molecule has 1 heterocycles. The molecule has 8 heteroatoms. The molecule has 3 aromatic rings. The minimum atomic E-state index is -0.700. The summed E-state index contributed by atoms with van der Waals surface area (Å²) in [6.45, 7) is 1.61. The van der Waals surface area contributed by atoms with Crippen molar-refractivity contribution < 1.29 is 19.0 Å². The number of hydrogen-bond acceptors (Lipinski definition) is 7. The van der Waals surface area contributed by atoms with Crippen molar-refractivity contribution in [1.29, 1.82) is 0 Å². The Morgan fingerprint density at radius 3 is 2.48 bits per heavy atom. The predicted octanol–water partition coefficient (Wildman–Crippen LogP) is 3.41. The van der Waals surface area contributed by atoms with Crippen molar-refractivity contribution in [3.8, 4) is 17.5 Å². The average Bonchev–Trinajstić information content (AvgIpc) is 2.62. The summed E-state index contributed by atoms with van der Waals surface area (Å²) < 4.78 is 15.6. The van der Waals surface area contributed by atoms with Gasteiger partial charge in [0.15, 0.2) is 6.10 Å². The lowest BCUT2D eigenvalue weighted by atomic mass is 10.3. The van der Waals surface area contributed by atoms with E-state index in [1.165, 1.54) is 7.11 Å². The molecule has 128 valence electrons. The van der Waals surface area contributed by atoms with Gasteiger partial charge in [-0.25, -0.2) is 4.79 Å². The molecule has 2 aromatic carbocycles. The van der Waals surface area contributed by atoms with Crippen LogP contribution in [0.15, 0.2) is 42.5 Å². The molecule has 0 N–H and O–H groups in total. The van der Waals surface area contributed by atoms with Gasteiger partial charge >= 0.3 is 12.0 Å². The molecular weight excluding hydrogens is 346 g/mol. The molecule has 25 heavy (non-hydrogen) atoms. The molecule has 0 bridgehead atoms. The first kappa shape index (κ1) is 16.9. The molecule has 7 nitrogen and oxygen atoms in total. The molecule has 0 aliphatic carbocycles. The molecule has 0 amide bonds. The minimum Gasteiger partial charge on any atom is -0.479 e. The number of hydrogen-bond donors (Lipinski definition) is 0. The number of carbonyl (C=O) groups excluding carboxylic acids is 1. The molecule has 0 saturated carbocycles. The van der Waals surface area contributed by atoms with Gasteiger partial charge in [-0.05, 0) is 49.4 Å². The van der Waals surface area contributed by atoms with E-state index in [-0.39, 0.29) is 6.01 Å². The Hall–Kier alpha value is -2.93. The number of ether oxygens (including phenoxy) is 3. The van der Waals surface area contributed by atoms with Crippen molar-refractivity contribution >= 4 is 28.6 Å². The molecule has 1 atom stereocenters. The number of halogens is 1. The highest BCUT2D eigenvalue weighted by Crippen LogP contribution is 2.23. The van der Waals surface area contributed by atoms with E-state index in [1.54, 1.807) is 49.4 Å². The summed E-state index contributed by atoms with van der Waals surface area (Å²) in [6, 6.07) is 11.9. The number of nitrogens with zero attached hydrogens (tertiary/aromatic N) is 3. The Morgan fingerprint density at radius 1 is 1.04 bits per heavy atom. The fraction of sp³-hybridized carbons (Fsp3) is 0.176. The van der Waals surface area contributed by atoms with Crippen LogP contribution in [0.1, 0.15) is 6.92 Å². The van der Waals surface area contributed by atoms with Gasteiger partial charge in [0.1, 0.15) is 17.0 Å². The van der Waals surface area contributed by atoms with E-state index in [2.05, 4.69) is 19.9 Å². The lowest BCUT2D eigenvalue weighted by Crippen LogP contribution is -2.24. The zero-order chi connectivity index (χ0) is 17.8. The number of fused-ring (bicyclic) bond motifs is 1. The highest BCUT2D eigenvalue weighted by atomic mass is 35.5. The van der Waals surface area contributed by atoms with Crippen LogP contribution in [-0.2, 0) is 9.53 Å². The van der Waals surface area contributed by atoms with Gasteiger partial charge in [0.05, 0.1) is 12.6 Å². The molecule has 0 fully saturated rings. The van der Waals surface area contributed by atoms with Crippen molar-refractivity contribution in [3.05, 3.63) is 47.5 Å². The van der Waals surface area contributed by atoms with Crippen LogP contribution >= 0.6 is 11.6 Å². The summed E-state index contributed by atoms with van der Waals surface area (Å²) in [6.07, 6.45) is -0.700. The molecule has 1 unspecified atom stereocenters. The van der Waals surface area contributed by atoms with Gasteiger partial charge in [0, 0.05) is 5.02 Å². The Kier molecular flexibility index (Phi) is 4.95.